The Kier molecular flexibility index (Phi) is 6.24. The minimum Gasteiger partial charge on any atom is -0.494 e. The fraction of sp³-hybridized carbons (Fsp3) is 0.650. The molecule has 3 saturated heterocycles. The first-order chi connectivity index (χ1) is 13.3. The molecule has 1 aromatic carbocycles. The second kappa shape index (κ2) is 9.01. The molecule has 3 aliphatic heterocycles. The number of nitrogens with one attached hydrogen (secondary N) is 3. The minimum absolute atomic E-state index is 0.0148. The molecule has 4 rings (SSSR count). The van der Waals surface area contributed by atoms with Crippen molar-refractivity contribution in [3.8, 4) is 5.75 Å². The SMILES string of the molecule is O=C1CC(c2cccc(OCCCCN3CCOCC3)c2)C2CNNC2N1. The number of carbonyl (C=O) groups is 1. The molecule has 3 aliphatic rings. The molecule has 7 heteroatoms. The molecule has 0 saturated carbocycles. The number of amides is 1. The molecular formula is C20H30N4O3. The Bertz CT molecular complexity index is 635. The summed E-state index contributed by atoms with van der Waals surface area (Å²) in [4.78, 5) is 14.5. The molecule has 1 aromatic rings. The normalized spacial score (nSPS) is 28.6. The Hall–Kier alpha value is -1.67. The van der Waals surface area contributed by atoms with Crippen molar-refractivity contribution in [2.75, 3.05) is 46.0 Å². The third kappa shape index (κ3) is 4.79. The van der Waals surface area contributed by atoms with E-state index in [9.17, 15) is 4.79 Å². The van der Waals surface area contributed by atoms with Crippen LogP contribution < -0.4 is 20.9 Å². The average Bonchev–Trinajstić information content (AvgIpc) is 3.16. The number of hydrogen-bond acceptors (Lipinski definition) is 6. The summed E-state index contributed by atoms with van der Waals surface area (Å²) in [5, 5.41) is 3.01. The minimum atomic E-state index is 0.0148. The van der Waals surface area contributed by atoms with Gasteiger partial charge < -0.3 is 14.8 Å². The van der Waals surface area contributed by atoms with E-state index in [4.69, 9.17) is 9.47 Å². The number of carbonyl (C=O) groups excluding carboxylic acids is 1. The molecule has 3 fully saturated rings. The van der Waals surface area contributed by atoms with Crippen molar-refractivity contribution in [3.05, 3.63) is 29.8 Å². The lowest BCUT2D eigenvalue weighted by Crippen LogP contribution is -2.52. The number of morpholine rings is 1. The van der Waals surface area contributed by atoms with Crippen molar-refractivity contribution >= 4 is 5.91 Å². The van der Waals surface area contributed by atoms with Crippen LogP contribution in [0, 0.1) is 5.92 Å². The van der Waals surface area contributed by atoms with E-state index < -0.39 is 0 Å². The van der Waals surface area contributed by atoms with Crippen LogP contribution in [0.5, 0.6) is 5.75 Å². The van der Waals surface area contributed by atoms with Crippen LogP contribution >= 0.6 is 0 Å². The molecule has 7 nitrogen and oxygen atoms in total. The Labute approximate surface area is 160 Å². The van der Waals surface area contributed by atoms with Crippen molar-refractivity contribution < 1.29 is 14.3 Å². The first kappa shape index (κ1) is 18.7. The van der Waals surface area contributed by atoms with Crippen molar-refractivity contribution in [1.29, 1.82) is 0 Å². The Balaban J connectivity index is 1.26. The zero-order valence-corrected chi connectivity index (χ0v) is 15.8. The number of piperidine rings is 1. The molecule has 3 heterocycles. The summed E-state index contributed by atoms with van der Waals surface area (Å²) in [5.41, 5.74) is 7.51. The van der Waals surface area contributed by atoms with Gasteiger partial charge in [0.1, 0.15) is 5.75 Å². The molecule has 148 valence electrons. The third-order valence-corrected chi connectivity index (χ3v) is 5.79. The van der Waals surface area contributed by atoms with Crippen molar-refractivity contribution in [2.24, 2.45) is 5.92 Å². The van der Waals surface area contributed by atoms with Crippen LogP contribution in [0.1, 0.15) is 30.7 Å². The number of hydrogen-bond donors (Lipinski definition) is 3. The van der Waals surface area contributed by atoms with E-state index in [1.165, 1.54) is 5.56 Å². The van der Waals surface area contributed by atoms with Crippen LogP contribution in [-0.2, 0) is 9.53 Å². The van der Waals surface area contributed by atoms with Gasteiger partial charge in [-0.15, -0.1) is 0 Å². The number of rotatable bonds is 7. The zero-order valence-electron chi connectivity index (χ0n) is 15.8. The summed E-state index contributed by atoms with van der Waals surface area (Å²) < 4.78 is 11.4. The molecular weight excluding hydrogens is 344 g/mol. The summed E-state index contributed by atoms with van der Waals surface area (Å²) >= 11 is 0. The maximum atomic E-state index is 12.0. The largest absolute Gasteiger partial charge is 0.494 e. The van der Waals surface area contributed by atoms with Gasteiger partial charge >= 0.3 is 0 Å². The maximum Gasteiger partial charge on any atom is 0.221 e. The molecule has 3 unspecified atom stereocenters. The highest BCUT2D eigenvalue weighted by Crippen LogP contribution is 2.35. The summed E-state index contributed by atoms with van der Waals surface area (Å²) in [5.74, 6) is 1.59. The summed E-state index contributed by atoms with van der Waals surface area (Å²) in [6.45, 7) is 6.52. The molecule has 3 N–H and O–H groups in total. The van der Waals surface area contributed by atoms with E-state index in [1.807, 2.05) is 12.1 Å². The van der Waals surface area contributed by atoms with Gasteiger partial charge in [-0.3, -0.25) is 15.1 Å². The fourth-order valence-corrected chi connectivity index (χ4v) is 4.27. The lowest BCUT2D eigenvalue weighted by Gasteiger charge is -2.33. The number of fused-ring (bicyclic) bond motifs is 1. The van der Waals surface area contributed by atoms with Gasteiger partial charge in [0.25, 0.3) is 0 Å². The van der Waals surface area contributed by atoms with Gasteiger partial charge in [0, 0.05) is 37.9 Å². The highest BCUT2D eigenvalue weighted by Gasteiger charge is 2.40. The Morgan fingerprint density at radius 3 is 3.00 bits per heavy atom. The Morgan fingerprint density at radius 1 is 1.22 bits per heavy atom. The number of hydrazine groups is 1. The first-order valence-corrected chi connectivity index (χ1v) is 10.1. The monoisotopic (exact) mass is 374 g/mol. The molecule has 0 aromatic heterocycles. The highest BCUT2D eigenvalue weighted by atomic mass is 16.5. The molecule has 0 spiro atoms. The van der Waals surface area contributed by atoms with Gasteiger partial charge in [-0.25, -0.2) is 5.43 Å². The predicted octanol–water partition coefficient (Wildman–Crippen LogP) is 0.831. The van der Waals surface area contributed by atoms with Crippen LogP contribution in [0.15, 0.2) is 24.3 Å². The van der Waals surface area contributed by atoms with Crippen LogP contribution in [0.2, 0.25) is 0 Å². The molecule has 1 amide bonds. The maximum absolute atomic E-state index is 12.0. The van der Waals surface area contributed by atoms with Crippen LogP contribution in [0.4, 0.5) is 0 Å². The molecule has 0 aliphatic carbocycles. The third-order valence-electron chi connectivity index (χ3n) is 5.79. The van der Waals surface area contributed by atoms with Gasteiger partial charge in [0.05, 0.1) is 26.0 Å². The van der Waals surface area contributed by atoms with Crippen LogP contribution in [-0.4, -0.2) is 63.0 Å². The van der Waals surface area contributed by atoms with Crippen molar-refractivity contribution in [2.45, 2.75) is 31.3 Å². The van der Waals surface area contributed by atoms with Crippen molar-refractivity contribution in [1.82, 2.24) is 21.1 Å². The topological polar surface area (TPSA) is 74.9 Å². The van der Waals surface area contributed by atoms with Crippen LogP contribution in [0.25, 0.3) is 0 Å². The predicted molar refractivity (Wildman–Crippen MR) is 102 cm³/mol. The molecule has 0 radical (unpaired) electrons. The van der Waals surface area contributed by atoms with E-state index in [2.05, 4.69) is 33.2 Å². The van der Waals surface area contributed by atoms with Gasteiger partial charge in [0.2, 0.25) is 5.91 Å². The number of benzene rings is 1. The summed E-state index contributed by atoms with van der Waals surface area (Å²) in [6, 6.07) is 8.28. The molecule has 3 atom stereocenters. The van der Waals surface area contributed by atoms with E-state index in [0.717, 1.165) is 64.6 Å². The Morgan fingerprint density at radius 2 is 2.11 bits per heavy atom. The highest BCUT2D eigenvalue weighted by molar-refractivity contribution is 5.78. The smallest absolute Gasteiger partial charge is 0.221 e. The lowest BCUT2D eigenvalue weighted by atomic mass is 9.79. The fourth-order valence-electron chi connectivity index (χ4n) is 4.27. The average molecular weight is 374 g/mol. The van der Waals surface area contributed by atoms with Gasteiger partial charge in [-0.05, 0) is 37.1 Å². The van der Waals surface area contributed by atoms with E-state index >= 15 is 0 Å². The number of ether oxygens (including phenoxy) is 2. The van der Waals surface area contributed by atoms with Gasteiger partial charge in [0.15, 0.2) is 0 Å². The summed E-state index contributed by atoms with van der Waals surface area (Å²) in [7, 11) is 0. The zero-order chi connectivity index (χ0) is 18.5. The second-order valence-electron chi connectivity index (χ2n) is 7.63. The number of nitrogens with zero attached hydrogens (tertiary/aromatic N) is 1. The number of unbranched alkanes of at least 4 members (excludes halogenated alkanes) is 1. The molecule has 27 heavy (non-hydrogen) atoms. The van der Waals surface area contributed by atoms with Crippen LogP contribution in [0.3, 0.4) is 0 Å². The molecule has 0 bridgehead atoms. The second-order valence-corrected chi connectivity index (χ2v) is 7.63. The van der Waals surface area contributed by atoms with E-state index in [-0.39, 0.29) is 18.0 Å². The standard InChI is InChI=1S/C20H30N4O3/c25-19-13-17(18-14-21-23-20(18)22-19)15-4-3-5-16(12-15)27-9-2-1-6-24-7-10-26-11-8-24/h3-5,12,17-18,20-21,23H,1-2,6-11,13-14H2,(H,22,25). The van der Waals surface area contributed by atoms with E-state index in [0.29, 0.717) is 12.3 Å². The lowest BCUT2D eigenvalue weighted by molar-refractivity contribution is -0.124. The van der Waals surface area contributed by atoms with Crippen molar-refractivity contribution in [3.63, 3.8) is 0 Å². The van der Waals surface area contributed by atoms with Gasteiger partial charge in [-0.1, -0.05) is 12.1 Å². The first-order valence-electron chi connectivity index (χ1n) is 10.1. The quantitative estimate of drug-likeness (QED) is 0.614. The van der Waals surface area contributed by atoms with Gasteiger partial charge in [-0.2, -0.15) is 0 Å². The van der Waals surface area contributed by atoms with E-state index in [1.54, 1.807) is 0 Å². The summed E-state index contributed by atoms with van der Waals surface area (Å²) in [6.07, 6.45) is 2.74.